The van der Waals surface area contributed by atoms with Gasteiger partial charge >= 0.3 is 0 Å². The Balaban J connectivity index is 2.08. The molecule has 1 aromatic carbocycles. The smallest absolute Gasteiger partial charge is 0.140 e. The third-order valence-corrected chi connectivity index (χ3v) is 3.24. The second-order valence-electron chi connectivity index (χ2n) is 3.49. The summed E-state index contributed by atoms with van der Waals surface area (Å²) in [5.74, 6) is 0. The second kappa shape index (κ2) is 5.64. The van der Waals surface area contributed by atoms with Crippen LogP contribution in [0.2, 0.25) is 0 Å². The molecule has 2 aromatic rings. The predicted molar refractivity (Wildman–Crippen MR) is 75.4 cm³/mol. The minimum Gasteiger partial charge on any atom is -0.380 e. The van der Waals surface area contributed by atoms with E-state index < -0.39 is 0 Å². The Labute approximate surface area is 114 Å². The summed E-state index contributed by atoms with van der Waals surface area (Å²) >= 11 is 2.29. The number of aromatic nitrogens is 1. The first kappa shape index (κ1) is 11.9. The molecule has 0 radical (unpaired) electrons. The van der Waals surface area contributed by atoms with Crippen molar-refractivity contribution in [2.45, 2.75) is 6.54 Å². The molecule has 0 aliphatic rings. The number of rotatable bonds is 3. The zero-order valence-electron chi connectivity index (χ0n) is 9.02. The topological polar surface area (TPSA) is 48.7 Å². The van der Waals surface area contributed by atoms with Crippen molar-refractivity contribution in [2.24, 2.45) is 0 Å². The number of nitrogens with zero attached hydrogens (tertiary/aromatic N) is 2. The van der Waals surface area contributed by atoms with Crippen LogP contribution in [0.1, 0.15) is 11.3 Å². The van der Waals surface area contributed by atoms with Crippen LogP contribution >= 0.6 is 22.6 Å². The van der Waals surface area contributed by atoms with E-state index in [1.54, 1.807) is 12.3 Å². The van der Waals surface area contributed by atoms with E-state index in [0.717, 1.165) is 11.3 Å². The number of hydrogen-bond donors (Lipinski definition) is 1. The average molecular weight is 335 g/mol. The van der Waals surface area contributed by atoms with Gasteiger partial charge in [0, 0.05) is 22.0 Å². The minimum atomic E-state index is 0.451. The number of hydrogen-bond acceptors (Lipinski definition) is 3. The van der Waals surface area contributed by atoms with Crippen LogP contribution in [-0.4, -0.2) is 4.98 Å². The Hall–Kier alpha value is -1.61. The highest BCUT2D eigenvalue weighted by Crippen LogP contribution is 2.17. The fourth-order valence-electron chi connectivity index (χ4n) is 1.45. The first-order chi connectivity index (χ1) is 8.29. The van der Waals surface area contributed by atoms with Crippen molar-refractivity contribution in [1.82, 2.24) is 4.98 Å². The third kappa shape index (κ3) is 3.17. The van der Waals surface area contributed by atoms with E-state index >= 15 is 0 Å². The van der Waals surface area contributed by atoms with Crippen molar-refractivity contribution in [3.8, 4) is 6.07 Å². The van der Waals surface area contributed by atoms with Crippen LogP contribution in [0.25, 0.3) is 0 Å². The Bertz CT molecular complexity index is 561. The molecule has 1 N–H and O–H groups in total. The summed E-state index contributed by atoms with van der Waals surface area (Å²) in [5.41, 5.74) is 2.60. The highest BCUT2D eigenvalue weighted by Gasteiger charge is 1.99. The van der Waals surface area contributed by atoms with Crippen LogP contribution in [-0.2, 0) is 6.54 Å². The molecule has 4 heteroatoms. The lowest BCUT2D eigenvalue weighted by molar-refractivity contribution is 1.11. The normalized spacial score (nSPS) is 9.65. The molecule has 0 amide bonds. The summed E-state index contributed by atoms with van der Waals surface area (Å²) in [6.45, 7) is 0.692. The highest BCUT2D eigenvalue weighted by molar-refractivity contribution is 14.1. The Morgan fingerprint density at radius 1 is 1.29 bits per heavy atom. The lowest BCUT2D eigenvalue weighted by atomic mass is 10.2. The molecular weight excluding hydrogens is 325 g/mol. The lowest BCUT2D eigenvalue weighted by Crippen LogP contribution is -2.01. The standard InChI is InChI=1S/C13H10IN3/c14-12-3-1-2-4-13(12)17-9-10-5-6-16-11(7-10)8-15/h1-7,17H,9H2. The van der Waals surface area contributed by atoms with Gasteiger partial charge in [0.15, 0.2) is 0 Å². The van der Waals surface area contributed by atoms with Gasteiger partial charge in [0.25, 0.3) is 0 Å². The third-order valence-electron chi connectivity index (χ3n) is 2.30. The predicted octanol–water partition coefficient (Wildman–Crippen LogP) is 3.17. The van der Waals surface area contributed by atoms with E-state index in [9.17, 15) is 0 Å². The van der Waals surface area contributed by atoms with Crippen molar-refractivity contribution in [3.63, 3.8) is 0 Å². The monoisotopic (exact) mass is 335 g/mol. The molecule has 0 bridgehead atoms. The maximum absolute atomic E-state index is 8.76. The SMILES string of the molecule is N#Cc1cc(CNc2ccccc2I)ccn1. The summed E-state index contributed by atoms with van der Waals surface area (Å²) in [5, 5.41) is 12.1. The summed E-state index contributed by atoms with van der Waals surface area (Å²) in [7, 11) is 0. The largest absolute Gasteiger partial charge is 0.380 e. The van der Waals surface area contributed by atoms with Crippen LogP contribution in [0.4, 0.5) is 5.69 Å². The summed E-state index contributed by atoms with van der Waals surface area (Å²) in [4.78, 5) is 3.94. The fraction of sp³-hybridized carbons (Fsp3) is 0.0769. The van der Waals surface area contributed by atoms with Gasteiger partial charge in [-0.05, 0) is 52.4 Å². The maximum atomic E-state index is 8.76. The van der Waals surface area contributed by atoms with Gasteiger partial charge in [-0.15, -0.1) is 0 Å². The van der Waals surface area contributed by atoms with Gasteiger partial charge in [-0.2, -0.15) is 5.26 Å². The van der Waals surface area contributed by atoms with Crippen LogP contribution < -0.4 is 5.32 Å². The molecule has 0 fully saturated rings. The number of benzene rings is 1. The van der Waals surface area contributed by atoms with Crippen LogP contribution in [0, 0.1) is 14.9 Å². The van der Waals surface area contributed by atoms with Gasteiger partial charge in [-0.1, -0.05) is 12.1 Å². The van der Waals surface area contributed by atoms with E-state index in [1.165, 1.54) is 3.57 Å². The van der Waals surface area contributed by atoms with E-state index in [0.29, 0.717) is 12.2 Å². The van der Waals surface area contributed by atoms with Crippen molar-refractivity contribution in [1.29, 1.82) is 5.26 Å². The molecule has 1 heterocycles. The molecule has 1 aromatic heterocycles. The second-order valence-corrected chi connectivity index (χ2v) is 4.66. The van der Waals surface area contributed by atoms with E-state index in [-0.39, 0.29) is 0 Å². The summed E-state index contributed by atoms with van der Waals surface area (Å²) in [6.07, 6.45) is 1.66. The quantitative estimate of drug-likeness (QED) is 0.877. The molecule has 17 heavy (non-hydrogen) atoms. The number of anilines is 1. The number of halogens is 1. The van der Waals surface area contributed by atoms with Gasteiger partial charge in [0.1, 0.15) is 11.8 Å². The summed E-state index contributed by atoms with van der Waals surface area (Å²) in [6, 6.07) is 13.8. The number of pyridine rings is 1. The van der Waals surface area contributed by atoms with Crippen LogP contribution in [0.3, 0.4) is 0 Å². The maximum Gasteiger partial charge on any atom is 0.140 e. The number of nitrogens with one attached hydrogen (secondary N) is 1. The zero-order valence-corrected chi connectivity index (χ0v) is 11.2. The van der Waals surface area contributed by atoms with Crippen molar-refractivity contribution < 1.29 is 0 Å². The molecule has 84 valence electrons. The Morgan fingerprint density at radius 2 is 2.12 bits per heavy atom. The fourth-order valence-corrected chi connectivity index (χ4v) is 2.03. The van der Waals surface area contributed by atoms with Gasteiger partial charge < -0.3 is 5.32 Å². The number of nitriles is 1. The van der Waals surface area contributed by atoms with E-state index in [4.69, 9.17) is 5.26 Å². The van der Waals surface area contributed by atoms with Crippen LogP contribution in [0.5, 0.6) is 0 Å². The Morgan fingerprint density at radius 3 is 2.88 bits per heavy atom. The molecule has 2 rings (SSSR count). The molecule has 0 aliphatic heterocycles. The zero-order chi connectivity index (χ0) is 12.1. The van der Waals surface area contributed by atoms with Gasteiger partial charge in [0.2, 0.25) is 0 Å². The molecule has 0 atom stereocenters. The molecule has 3 nitrogen and oxygen atoms in total. The van der Waals surface area contributed by atoms with Gasteiger partial charge in [0.05, 0.1) is 0 Å². The molecule has 0 unspecified atom stereocenters. The highest BCUT2D eigenvalue weighted by atomic mass is 127. The van der Waals surface area contributed by atoms with Crippen molar-refractivity contribution in [2.75, 3.05) is 5.32 Å². The number of para-hydroxylation sites is 1. The molecule has 0 spiro atoms. The lowest BCUT2D eigenvalue weighted by Gasteiger charge is -2.08. The van der Waals surface area contributed by atoms with E-state index in [2.05, 4.69) is 39.0 Å². The van der Waals surface area contributed by atoms with Gasteiger partial charge in [-0.25, -0.2) is 4.98 Å². The first-order valence-electron chi connectivity index (χ1n) is 5.13. The average Bonchev–Trinajstić information content (AvgIpc) is 2.38. The van der Waals surface area contributed by atoms with Crippen LogP contribution in [0.15, 0.2) is 42.6 Å². The first-order valence-corrected chi connectivity index (χ1v) is 6.21. The molecular formula is C13H10IN3. The summed E-state index contributed by atoms with van der Waals surface area (Å²) < 4.78 is 1.18. The molecule has 0 saturated carbocycles. The van der Waals surface area contributed by atoms with Gasteiger partial charge in [-0.3, -0.25) is 0 Å². The molecule has 0 aliphatic carbocycles. The Kier molecular flexibility index (Phi) is 3.94. The molecule has 0 saturated heterocycles. The van der Waals surface area contributed by atoms with E-state index in [1.807, 2.05) is 30.3 Å². The minimum absolute atomic E-state index is 0.451. The van der Waals surface area contributed by atoms with Crippen molar-refractivity contribution in [3.05, 3.63) is 57.4 Å². The van der Waals surface area contributed by atoms with Crippen molar-refractivity contribution >= 4 is 28.3 Å².